The van der Waals surface area contributed by atoms with Gasteiger partial charge in [0.15, 0.2) is 0 Å². The van der Waals surface area contributed by atoms with Gasteiger partial charge in [-0.1, -0.05) is 24.3 Å². The zero-order valence-electron chi connectivity index (χ0n) is 9.74. The highest BCUT2D eigenvalue weighted by atomic mass is 16.4. The van der Waals surface area contributed by atoms with Crippen molar-refractivity contribution in [3.05, 3.63) is 41.1 Å². The molecule has 2 aromatic rings. The van der Waals surface area contributed by atoms with E-state index in [2.05, 4.69) is 4.98 Å². The van der Waals surface area contributed by atoms with Gasteiger partial charge in [0.25, 0.3) is 0 Å². The lowest BCUT2D eigenvalue weighted by Gasteiger charge is -2.04. The Morgan fingerprint density at radius 1 is 1.29 bits per heavy atom. The van der Waals surface area contributed by atoms with Crippen molar-refractivity contribution in [1.29, 1.82) is 0 Å². The molecule has 1 heterocycles. The molecule has 0 radical (unpaired) electrons. The summed E-state index contributed by atoms with van der Waals surface area (Å²) in [6.07, 6.45) is 0. The van der Waals surface area contributed by atoms with Crippen LogP contribution in [0.1, 0.15) is 21.6 Å². The van der Waals surface area contributed by atoms with Crippen LogP contribution in [0.25, 0.3) is 11.3 Å². The van der Waals surface area contributed by atoms with Crippen molar-refractivity contribution < 1.29 is 9.90 Å². The third-order valence-corrected chi connectivity index (χ3v) is 2.85. The summed E-state index contributed by atoms with van der Waals surface area (Å²) >= 11 is 0. The molecule has 0 aliphatic carbocycles. The highest BCUT2D eigenvalue weighted by Gasteiger charge is 2.19. The van der Waals surface area contributed by atoms with E-state index in [1.54, 1.807) is 6.92 Å². The number of anilines is 1. The normalized spacial score (nSPS) is 10.5. The summed E-state index contributed by atoms with van der Waals surface area (Å²) in [6.45, 7) is 3.67. The van der Waals surface area contributed by atoms with E-state index in [1.165, 1.54) is 0 Å². The van der Waals surface area contributed by atoms with Crippen LogP contribution in [0.15, 0.2) is 24.3 Å². The van der Waals surface area contributed by atoms with Gasteiger partial charge in [0.2, 0.25) is 0 Å². The number of carboxylic acid groups (broad SMARTS) is 1. The number of aromatic amines is 1. The number of nitrogens with one attached hydrogen (secondary N) is 1. The van der Waals surface area contributed by atoms with E-state index in [9.17, 15) is 4.79 Å². The summed E-state index contributed by atoms with van der Waals surface area (Å²) in [5, 5.41) is 9.08. The van der Waals surface area contributed by atoms with Crippen molar-refractivity contribution in [1.82, 2.24) is 4.98 Å². The molecule has 2 rings (SSSR count). The summed E-state index contributed by atoms with van der Waals surface area (Å²) < 4.78 is 0. The summed E-state index contributed by atoms with van der Waals surface area (Å²) in [5.41, 5.74) is 9.59. The average Bonchev–Trinajstić information content (AvgIpc) is 2.55. The van der Waals surface area contributed by atoms with Gasteiger partial charge in [-0.2, -0.15) is 0 Å². The molecule has 0 spiro atoms. The van der Waals surface area contributed by atoms with Gasteiger partial charge in [0.05, 0.1) is 11.4 Å². The lowest BCUT2D eigenvalue weighted by atomic mass is 10.0. The van der Waals surface area contributed by atoms with Crippen LogP contribution in [-0.4, -0.2) is 16.1 Å². The van der Waals surface area contributed by atoms with Crippen LogP contribution in [0.4, 0.5) is 5.69 Å². The summed E-state index contributed by atoms with van der Waals surface area (Å²) in [6, 6.07) is 7.72. The van der Waals surface area contributed by atoms with Gasteiger partial charge in [-0.15, -0.1) is 0 Å². The number of hydrogen-bond donors (Lipinski definition) is 3. The fraction of sp³-hybridized carbons (Fsp3) is 0.154. The molecule has 17 heavy (non-hydrogen) atoms. The van der Waals surface area contributed by atoms with Gasteiger partial charge >= 0.3 is 5.97 Å². The lowest BCUT2D eigenvalue weighted by Crippen LogP contribution is -2.01. The van der Waals surface area contributed by atoms with Crippen LogP contribution in [0.3, 0.4) is 0 Å². The van der Waals surface area contributed by atoms with Gasteiger partial charge < -0.3 is 15.8 Å². The number of H-pyrrole nitrogens is 1. The molecule has 0 fully saturated rings. The van der Waals surface area contributed by atoms with E-state index < -0.39 is 5.97 Å². The molecule has 0 bridgehead atoms. The zero-order chi connectivity index (χ0) is 12.6. The van der Waals surface area contributed by atoms with Crippen molar-refractivity contribution in [3.63, 3.8) is 0 Å². The first kappa shape index (κ1) is 11.3. The fourth-order valence-electron chi connectivity index (χ4n) is 1.99. The standard InChI is InChI=1S/C13H14N2O2/c1-7-5-3-4-6-9(7)12-11(14)10(13(16)17)8(2)15-12/h3-6,15H,14H2,1-2H3,(H,16,17). The molecule has 4 N–H and O–H groups in total. The molecule has 0 amide bonds. The zero-order valence-corrected chi connectivity index (χ0v) is 9.74. The molecule has 0 saturated carbocycles. The molecule has 4 nitrogen and oxygen atoms in total. The Morgan fingerprint density at radius 3 is 2.47 bits per heavy atom. The SMILES string of the molecule is Cc1ccccc1-c1[nH]c(C)c(C(=O)O)c1N. The molecule has 0 unspecified atom stereocenters. The number of aryl methyl sites for hydroxylation is 2. The molecule has 88 valence electrons. The molecular weight excluding hydrogens is 216 g/mol. The van der Waals surface area contributed by atoms with Crippen molar-refractivity contribution in [2.75, 3.05) is 5.73 Å². The molecule has 1 aromatic heterocycles. The molecule has 0 aliphatic heterocycles. The Hall–Kier alpha value is -2.23. The van der Waals surface area contributed by atoms with E-state index >= 15 is 0 Å². The van der Waals surface area contributed by atoms with Gasteiger partial charge in [-0.3, -0.25) is 0 Å². The predicted octanol–water partition coefficient (Wildman–Crippen LogP) is 2.58. The van der Waals surface area contributed by atoms with Crippen LogP contribution in [0.2, 0.25) is 0 Å². The number of benzene rings is 1. The molecule has 0 saturated heterocycles. The first-order chi connectivity index (χ1) is 8.02. The van der Waals surface area contributed by atoms with E-state index in [4.69, 9.17) is 10.8 Å². The number of hydrogen-bond acceptors (Lipinski definition) is 2. The highest BCUT2D eigenvalue weighted by Crippen LogP contribution is 2.32. The first-order valence-electron chi connectivity index (χ1n) is 5.29. The minimum Gasteiger partial charge on any atom is -0.478 e. The van der Waals surface area contributed by atoms with E-state index in [0.717, 1.165) is 11.1 Å². The summed E-state index contributed by atoms with van der Waals surface area (Å²) in [7, 11) is 0. The largest absolute Gasteiger partial charge is 0.478 e. The van der Waals surface area contributed by atoms with Gasteiger partial charge in [-0.05, 0) is 19.4 Å². The van der Waals surface area contributed by atoms with Crippen LogP contribution >= 0.6 is 0 Å². The Morgan fingerprint density at radius 2 is 1.94 bits per heavy atom. The van der Waals surface area contributed by atoms with Crippen LogP contribution in [0, 0.1) is 13.8 Å². The maximum absolute atomic E-state index is 11.1. The summed E-state index contributed by atoms with van der Waals surface area (Å²) in [5.74, 6) is -1.00. The summed E-state index contributed by atoms with van der Waals surface area (Å²) in [4.78, 5) is 14.1. The molecule has 1 aromatic carbocycles. The van der Waals surface area contributed by atoms with Crippen molar-refractivity contribution in [3.8, 4) is 11.3 Å². The van der Waals surface area contributed by atoms with Crippen molar-refractivity contribution in [2.24, 2.45) is 0 Å². The van der Waals surface area contributed by atoms with Crippen LogP contribution in [-0.2, 0) is 0 Å². The average molecular weight is 230 g/mol. The van der Waals surface area contributed by atoms with E-state index in [1.807, 2.05) is 31.2 Å². The second kappa shape index (κ2) is 3.97. The topological polar surface area (TPSA) is 79.1 Å². The van der Waals surface area contributed by atoms with Crippen LogP contribution in [0.5, 0.6) is 0 Å². The Kier molecular flexibility index (Phi) is 2.63. The number of nitrogens with two attached hydrogens (primary N) is 1. The van der Waals surface area contributed by atoms with Gasteiger partial charge in [0.1, 0.15) is 5.56 Å². The fourth-order valence-corrected chi connectivity index (χ4v) is 1.99. The highest BCUT2D eigenvalue weighted by molar-refractivity contribution is 5.99. The number of carboxylic acids is 1. The molecule has 4 heteroatoms. The lowest BCUT2D eigenvalue weighted by molar-refractivity contribution is 0.0697. The smallest absolute Gasteiger partial charge is 0.339 e. The number of nitrogen functional groups attached to an aromatic ring is 1. The second-order valence-electron chi connectivity index (χ2n) is 4.03. The van der Waals surface area contributed by atoms with E-state index in [0.29, 0.717) is 17.1 Å². The number of carbonyl (C=O) groups is 1. The molecular formula is C13H14N2O2. The third kappa shape index (κ3) is 1.78. The Labute approximate surface area is 99.1 Å². The number of aromatic nitrogens is 1. The Bertz CT molecular complexity index is 585. The van der Waals surface area contributed by atoms with E-state index in [-0.39, 0.29) is 5.56 Å². The maximum atomic E-state index is 11.1. The van der Waals surface area contributed by atoms with Gasteiger partial charge in [0, 0.05) is 11.3 Å². The minimum atomic E-state index is -1.00. The van der Waals surface area contributed by atoms with Crippen molar-refractivity contribution in [2.45, 2.75) is 13.8 Å². The minimum absolute atomic E-state index is 0.156. The maximum Gasteiger partial charge on any atom is 0.339 e. The van der Waals surface area contributed by atoms with Crippen molar-refractivity contribution >= 4 is 11.7 Å². The predicted molar refractivity (Wildman–Crippen MR) is 67.1 cm³/mol. The Balaban J connectivity index is 2.66. The number of aromatic carboxylic acids is 1. The first-order valence-corrected chi connectivity index (χ1v) is 5.29. The second-order valence-corrected chi connectivity index (χ2v) is 4.03. The molecule has 0 atom stereocenters. The number of rotatable bonds is 2. The monoisotopic (exact) mass is 230 g/mol. The third-order valence-electron chi connectivity index (χ3n) is 2.85. The van der Waals surface area contributed by atoms with Crippen LogP contribution < -0.4 is 5.73 Å². The molecule has 0 aliphatic rings. The quantitative estimate of drug-likeness (QED) is 0.741. The van der Waals surface area contributed by atoms with Gasteiger partial charge in [-0.25, -0.2) is 4.79 Å².